The van der Waals surface area contributed by atoms with Crippen LogP contribution in [0.25, 0.3) is 0 Å². The molecule has 4 nitrogen and oxygen atoms in total. The zero-order valence-electron chi connectivity index (χ0n) is 12.3. The second-order valence-electron chi connectivity index (χ2n) is 6.37. The molecular formula is C16H25N3O. The van der Waals surface area contributed by atoms with Gasteiger partial charge in [-0.05, 0) is 63.6 Å². The van der Waals surface area contributed by atoms with Crippen LogP contribution in [0.15, 0.2) is 18.3 Å². The van der Waals surface area contributed by atoms with E-state index in [4.69, 9.17) is 5.73 Å². The summed E-state index contributed by atoms with van der Waals surface area (Å²) in [5.74, 6) is 0.648. The summed E-state index contributed by atoms with van der Waals surface area (Å²) in [6.45, 7) is 3.65. The number of hydrogen-bond acceptors (Lipinski definition) is 2. The Morgan fingerprint density at radius 3 is 2.80 bits per heavy atom. The van der Waals surface area contributed by atoms with E-state index in [1.807, 2.05) is 17.0 Å². The quantitative estimate of drug-likeness (QED) is 0.921. The number of nitrogens with zero attached hydrogens (tertiary/aromatic N) is 2. The molecule has 1 saturated carbocycles. The highest BCUT2D eigenvalue weighted by Gasteiger charge is 2.31. The summed E-state index contributed by atoms with van der Waals surface area (Å²) < 4.78 is 2.19. The van der Waals surface area contributed by atoms with E-state index in [1.165, 1.54) is 19.3 Å². The molecule has 2 atom stereocenters. The van der Waals surface area contributed by atoms with Gasteiger partial charge < -0.3 is 15.2 Å². The molecule has 1 aliphatic carbocycles. The van der Waals surface area contributed by atoms with Crippen LogP contribution in [0.2, 0.25) is 0 Å². The van der Waals surface area contributed by atoms with E-state index in [2.05, 4.69) is 17.7 Å². The minimum Gasteiger partial charge on any atom is -0.340 e. The Morgan fingerprint density at radius 2 is 2.15 bits per heavy atom. The number of carbonyl (C=O) groups excluding carboxylic acids is 1. The van der Waals surface area contributed by atoms with Crippen LogP contribution in [0, 0.1) is 5.92 Å². The molecule has 0 radical (unpaired) electrons. The Bertz CT molecular complexity index is 478. The van der Waals surface area contributed by atoms with Crippen LogP contribution < -0.4 is 5.73 Å². The van der Waals surface area contributed by atoms with Crippen molar-refractivity contribution in [1.29, 1.82) is 0 Å². The topological polar surface area (TPSA) is 51.3 Å². The highest BCUT2D eigenvalue weighted by molar-refractivity contribution is 5.93. The Balaban J connectivity index is 1.79. The fourth-order valence-electron chi connectivity index (χ4n) is 3.36. The minimum absolute atomic E-state index is 0.188. The van der Waals surface area contributed by atoms with Crippen molar-refractivity contribution in [3.8, 4) is 0 Å². The van der Waals surface area contributed by atoms with E-state index >= 15 is 0 Å². The average Bonchev–Trinajstić information content (AvgIpc) is 2.85. The summed E-state index contributed by atoms with van der Waals surface area (Å²) in [6, 6.07) is 4.84. The number of aromatic nitrogens is 1. The van der Waals surface area contributed by atoms with Crippen LogP contribution in [-0.4, -0.2) is 34.5 Å². The van der Waals surface area contributed by atoms with Gasteiger partial charge in [-0.1, -0.05) is 0 Å². The number of piperidine rings is 1. The van der Waals surface area contributed by atoms with Crippen molar-refractivity contribution in [1.82, 2.24) is 9.47 Å². The maximum absolute atomic E-state index is 12.9. The zero-order chi connectivity index (χ0) is 14.1. The van der Waals surface area contributed by atoms with Crippen molar-refractivity contribution >= 4 is 5.91 Å². The lowest BCUT2D eigenvalue weighted by molar-refractivity contribution is 0.0550. The molecule has 1 aliphatic heterocycles. The molecule has 0 aromatic carbocycles. The van der Waals surface area contributed by atoms with Gasteiger partial charge in [-0.2, -0.15) is 0 Å². The predicted molar refractivity (Wildman–Crippen MR) is 79.6 cm³/mol. The van der Waals surface area contributed by atoms with Gasteiger partial charge in [0.1, 0.15) is 5.69 Å². The molecule has 2 aliphatic rings. The van der Waals surface area contributed by atoms with Crippen molar-refractivity contribution < 1.29 is 4.79 Å². The van der Waals surface area contributed by atoms with Gasteiger partial charge in [0.05, 0.1) is 0 Å². The van der Waals surface area contributed by atoms with Crippen LogP contribution in [0.4, 0.5) is 0 Å². The molecular weight excluding hydrogens is 250 g/mol. The molecule has 2 heterocycles. The van der Waals surface area contributed by atoms with Gasteiger partial charge in [0, 0.05) is 24.8 Å². The number of rotatable bonds is 3. The van der Waals surface area contributed by atoms with Gasteiger partial charge in [0.25, 0.3) is 5.91 Å². The molecule has 20 heavy (non-hydrogen) atoms. The molecule has 110 valence electrons. The van der Waals surface area contributed by atoms with Crippen molar-refractivity contribution in [3.05, 3.63) is 24.0 Å². The lowest BCUT2D eigenvalue weighted by Crippen LogP contribution is -2.47. The smallest absolute Gasteiger partial charge is 0.270 e. The molecule has 2 fully saturated rings. The highest BCUT2D eigenvalue weighted by Crippen LogP contribution is 2.33. The van der Waals surface area contributed by atoms with E-state index in [1.54, 1.807) is 0 Å². The summed E-state index contributed by atoms with van der Waals surface area (Å²) in [5, 5.41) is 0. The maximum Gasteiger partial charge on any atom is 0.270 e. The van der Waals surface area contributed by atoms with Gasteiger partial charge in [-0.15, -0.1) is 0 Å². The van der Waals surface area contributed by atoms with E-state index in [9.17, 15) is 4.79 Å². The predicted octanol–water partition coefficient (Wildman–Crippen LogP) is 2.41. The molecule has 1 aromatic heterocycles. The number of carbonyl (C=O) groups is 1. The molecule has 2 N–H and O–H groups in total. The second-order valence-corrected chi connectivity index (χ2v) is 6.37. The molecule has 1 aromatic rings. The van der Waals surface area contributed by atoms with E-state index in [-0.39, 0.29) is 5.91 Å². The lowest BCUT2D eigenvalue weighted by atomic mass is 9.92. The van der Waals surface area contributed by atoms with Crippen LogP contribution in [0.3, 0.4) is 0 Å². The van der Waals surface area contributed by atoms with Gasteiger partial charge in [-0.3, -0.25) is 4.79 Å². The lowest BCUT2D eigenvalue weighted by Gasteiger charge is -2.38. The van der Waals surface area contributed by atoms with Crippen LogP contribution in [-0.2, 0) is 0 Å². The summed E-state index contributed by atoms with van der Waals surface area (Å²) in [5.41, 5.74) is 6.66. The van der Waals surface area contributed by atoms with Crippen molar-refractivity contribution in [3.63, 3.8) is 0 Å². The molecule has 4 heteroatoms. The molecule has 2 unspecified atom stereocenters. The largest absolute Gasteiger partial charge is 0.340 e. The molecule has 3 rings (SSSR count). The minimum atomic E-state index is 0.188. The second kappa shape index (κ2) is 5.60. The van der Waals surface area contributed by atoms with Crippen LogP contribution in [0.5, 0.6) is 0 Å². The van der Waals surface area contributed by atoms with E-state index in [0.717, 1.165) is 25.1 Å². The first-order valence-corrected chi connectivity index (χ1v) is 7.88. The fourth-order valence-corrected chi connectivity index (χ4v) is 3.36. The first kappa shape index (κ1) is 13.7. The van der Waals surface area contributed by atoms with Gasteiger partial charge >= 0.3 is 0 Å². The SMILES string of the molecule is CC1CCC(CN)CN1C(=O)c1cccn1C1CCC1. The third-order valence-corrected chi connectivity index (χ3v) is 5.04. The van der Waals surface area contributed by atoms with Crippen molar-refractivity contribution in [2.75, 3.05) is 13.1 Å². The molecule has 0 spiro atoms. The number of likely N-dealkylation sites (tertiary alicyclic amines) is 1. The van der Waals surface area contributed by atoms with E-state index < -0.39 is 0 Å². The summed E-state index contributed by atoms with van der Waals surface area (Å²) in [6.07, 6.45) is 7.96. The molecule has 0 bridgehead atoms. The standard InChI is InChI=1S/C16H25N3O/c1-12-7-8-13(10-17)11-19(12)16(20)15-6-3-9-18(15)14-4-2-5-14/h3,6,9,12-14H,2,4-5,7-8,10-11,17H2,1H3. The van der Waals surface area contributed by atoms with Gasteiger partial charge in [-0.25, -0.2) is 0 Å². The maximum atomic E-state index is 12.9. The average molecular weight is 275 g/mol. The Labute approximate surface area is 120 Å². The molecule has 1 amide bonds. The van der Waals surface area contributed by atoms with Gasteiger partial charge in [0.2, 0.25) is 0 Å². The van der Waals surface area contributed by atoms with Crippen molar-refractivity contribution in [2.45, 2.75) is 51.1 Å². The monoisotopic (exact) mass is 275 g/mol. The number of amides is 1. The Morgan fingerprint density at radius 1 is 1.35 bits per heavy atom. The Hall–Kier alpha value is -1.29. The first-order chi connectivity index (χ1) is 9.70. The third-order valence-electron chi connectivity index (χ3n) is 5.04. The van der Waals surface area contributed by atoms with Crippen LogP contribution in [0.1, 0.15) is 55.6 Å². The fraction of sp³-hybridized carbons (Fsp3) is 0.688. The zero-order valence-corrected chi connectivity index (χ0v) is 12.3. The third kappa shape index (κ3) is 2.37. The molecule has 1 saturated heterocycles. The summed E-state index contributed by atoms with van der Waals surface area (Å²) in [7, 11) is 0. The summed E-state index contributed by atoms with van der Waals surface area (Å²) >= 11 is 0. The Kier molecular flexibility index (Phi) is 3.83. The van der Waals surface area contributed by atoms with Crippen LogP contribution >= 0.6 is 0 Å². The van der Waals surface area contributed by atoms with Crippen molar-refractivity contribution in [2.24, 2.45) is 11.7 Å². The first-order valence-electron chi connectivity index (χ1n) is 7.88. The summed E-state index contributed by atoms with van der Waals surface area (Å²) in [4.78, 5) is 14.9. The number of hydrogen-bond donors (Lipinski definition) is 1. The highest BCUT2D eigenvalue weighted by atomic mass is 16.2. The number of nitrogens with two attached hydrogens (primary N) is 1. The normalized spacial score (nSPS) is 27.4. The van der Waals surface area contributed by atoms with E-state index in [0.29, 0.717) is 24.5 Å². The van der Waals surface area contributed by atoms with Gasteiger partial charge in [0.15, 0.2) is 0 Å².